The fourth-order valence-corrected chi connectivity index (χ4v) is 5.76. The summed E-state index contributed by atoms with van der Waals surface area (Å²) in [6, 6.07) is 0. The van der Waals surface area contributed by atoms with Crippen molar-refractivity contribution in [1.82, 2.24) is 0 Å². The topological polar surface area (TPSA) is 189 Å². The lowest BCUT2D eigenvalue weighted by molar-refractivity contribution is -0.161. The quantitative estimate of drug-likeness (QED) is 0.0184. The standard InChI is InChI=1S/C40H71O12P/c1-4-5-6-7-8-9-10-11-12-16-19-22-26-37(43)38(44)27-24-29-39(45)49-32-36(33-51-53(47,48)50-31-35(42)30-41)52-40(46)28-23-20-17-14-13-15-18-21-25-34(2)3/h5-6,8-9,11-12,19,22,34-38,41-44H,4,7,10,13-18,20-21,23-33H2,1-3H3,(H,47,48)/b6-5-,9-8-,12-11-,22-19-/t35-,36+,37-,38-/m0/s1. The van der Waals surface area contributed by atoms with Crippen LogP contribution in [0.2, 0.25) is 0 Å². The van der Waals surface area contributed by atoms with E-state index in [1.54, 1.807) is 0 Å². The first-order valence-electron chi connectivity index (χ1n) is 19.6. The number of aliphatic hydroxyl groups excluding tert-OH is 4. The third-order valence-corrected chi connectivity index (χ3v) is 9.08. The van der Waals surface area contributed by atoms with Crippen LogP contribution in [-0.4, -0.2) is 88.1 Å². The van der Waals surface area contributed by atoms with E-state index in [9.17, 15) is 34.4 Å². The SMILES string of the molecule is CC/C=C\C/C=C\C/C=C\C/C=C\C[C@H](O)[C@@H](O)CCCC(=O)OC[C@H](COP(=O)(O)OC[C@@H](O)CO)OC(=O)CCCCCCCCCCC(C)C. The number of rotatable bonds is 35. The van der Waals surface area contributed by atoms with Gasteiger partial charge < -0.3 is 34.8 Å². The summed E-state index contributed by atoms with van der Waals surface area (Å²) in [6.07, 6.45) is 25.7. The number of allylic oxidation sites excluding steroid dienone is 7. The average Bonchev–Trinajstić information content (AvgIpc) is 3.12. The van der Waals surface area contributed by atoms with Gasteiger partial charge in [-0.25, -0.2) is 4.57 Å². The molecule has 0 spiro atoms. The van der Waals surface area contributed by atoms with Crippen LogP contribution in [0.3, 0.4) is 0 Å². The Morgan fingerprint density at radius 3 is 1.75 bits per heavy atom. The van der Waals surface area contributed by atoms with Crippen LogP contribution in [0, 0.1) is 5.92 Å². The number of phosphoric acid groups is 1. The predicted octanol–water partition coefficient (Wildman–Crippen LogP) is 7.57. The third-order valence-electron chi connectivity index (χ3n) is 8.13. The molecule has 0 aliphatic rings. The van der Waals surface area contributed by atoms with Crippen LogP contribution < -0.4 is 0 Å². The average molecular weight is 775 g/mol. The Hall–Kier alpha value is -2.15. The molecule has 0 amide bonds. The first kappa shape index (κ1) is 50.9. The molecule has 0 radical (unpaired) electrons. The highest BCUT2D eigenvalue weighted by Crippen LogP contribution is 2.43. The maximum Gasteiger partial charge on any atom is 0.472 e. The van der Waals surface area contributed by atoms with Gasteiger partial charge in [0.05, 0.1) is 32.0 Å². The fraction of sp³-hybridized carbons (Fsp3) is 0.750. The van der Waals surface area contributed by atoms with Crippen LogP contribution in [0.4, 0.5) is 0 Å². The summed E-state index contributed by atoms with van der Waals surface area (Å²) < 4.78 is 32.4. The Bertz CT molecular complexity index is 1070. The molecule has 12 nitrogen and oxygen atoms in total. The Labute approximate surface area is 319 Å². The maximum absolute atomic E-state index is 12.5. The van der Waals surface area contributed by atoms with Crippen molar-refractivity contribution in [2.75, 3.05) is 26.4 Å². The minimum absolute atomic E-state index is 0.0757. The van der Waals surface area contributed by atoms with Gasteiger partial charge in [-0.2, -0.15) is 0 Å². The lowest BCUT2D eigenvalue weighted by Crippen LogP contribution is -2.30. The smallest absolute Gasteiger partial charge is 0.462 e. The molecule has 0 aliphatic carbocycles. The molecule has 1 unspecified atom stereocenters. The van der Waals surface area contributed by atoms with Crippen molar-refractivity contribution in [2.45, 2.75) is 161 Å². The van der Waals surface area contributed by atoms with Crippen molar-refractivity contribution in [3.05, 3.63) is 48.6 Å². The number of unbranched alkanes of at least 4 members (excludes halogenated alkanes) is 7. The fourth-order valence-electron chi connectivity index (χ4n) is 4.97. The van der Waals surface area contributed by atoms with Crippen molar-refractivity contribution >= 4 is 19.8 Å². The van der Waals surface area contributed by atoms with Crippen molar-refractivity contribution in [3.63, 3.8) is 0 Å². The monoisotopic (exact) mass is 774 g/mol. The van der Waals surface area contributed by atoms with E-state index in [0.717, 1.165) is 50.9 Å². The van der Waals surface area contributed by atoms with Crippen LogP contribution in [0.5, 0.6) is 0 Å². The molecule has 5 atom stereocenters. The Morgan fingerprint density at radius 1 is 0.642 bits per heavy atom. The normalized spacial score (nSPS) is 15.8. The molecule has 0 aromatic carbocycles. The van der Waals surface area contributed by atoms with E-state index in [1.165, 1.54) is 25.7 Å². The van der Waals surface area contributed by atoms with Crippen LogP contribution in [-0.2, 0) is 32.7 Å². The number of ether oxygens (including phenoxy) is 2. The number of carbonyl (C=O) groups excluding carboxylic acids is 2. The molecule has 0 aromatic heterocycles. The molecule has 0 saturated carbocycles. The first-order valence-corrected chi connectivity index (χ1v) is 21.1. The minimum Gasteiger partial charge on any atom is -0.462 e. The summed E-state index contributed by atoms with van der Waals surface area (Å²) in [5.74, 6) is -0.484. The third kappa shape index (κ3) is 34.1. The Morgan fingerprint density at radius 2 is 1.17 bits per heavy atom. The van der Waals surface area contributed by atoms with E-state index in [-0.39, 0.29) is 32.1 Å². The lowest BCUT2D eigenvalue weighted by Gasteiger charge is -2.20. The minimum atomic E-state index is -4.68. The van der Waals surface area contributed by atoms with Crippen LogP contribution in [0.25, 0.3) is 0 Å². The predicted molar refractivity (Wildman–Crippen MR) is 208 cm³/mol. The zero-order valence-corrected chi connectivity index (χ0v) is 33.5. The van der Waals surface area contributed by atoms with Crippen molar-refractivity contribution in [2.24, 2.45) is 5.92 Å². The summed E-state index contributed by atoms with van der Waals surface area (Å²) >= 11 is 0. The molecular weight excluding hydrogens is 703 g/mol. The van der Waals surface area contributed by atoms with Crippen molar-refractivity contribution in [3.8, 4) is 0 Å². The van der Waals surface area contributed by atoms with E-state index in [4.69, 9.17) is 19.1 Å². The van der Waals surface area contributed by atoms with E-state index in [2.05, 4.69) is 55.7 Å². The summed E-state index contributed by atoms with van der Waals surface area (Å²) in [5, 5.41) is 38.9. The Kier molecular flexibility index (Phi) is 33.0. The highest BCUT2D eigenvalue weighted by molar-refractivity contribution is 7.47. The van der Waals surface area contributed by atoms with E-state index in [1.807, 2.05) is 18.2 Å². The largest absolute Gasteiger partial charge is 0.472 e. The van der Waals surface area contributed by atoms with Gasteiger partial charge in [-0.1, -0.05) is 121 Å². The van der Waals surface area contributed by atoms with Gasteiger partial charge in [0.2, 0.25) is 0 Å². The molecule has 0 heterocycles. The van der Waals surface area contributed by atoms with Gasteiger partial charge in [0.25, 0.3) is 0 Å². The van der Waals surface area contributed by atoms with Crippen LogP contribution in [0.15, 0.2) is 48.6 Å². The van der Waals surface area contributed by atoms with Crippen molar-refractivity contribution in [1.29, 1.82) is 0 Å². The molecule has 0 fully saturated rings. The number of aliphatic hydroxyl groups is 4. The molecule has 53 heavy (non-hydrogen) atoms. The van der Waals surface area contributed by atoms with Crippen LogP contribution in [0.1, 0.15) is 136 Å². The summed E-state index contributed by atoms with van der Waals surface area (Å²) in [4.78, 5) is 34.9. The highest BCUT2D eigenvalue weighted by atomic mass is 31.2. The molecule has 5 N–H and O–H groups in total. The van der Waals surface area contributed by atoms with Gasteiger partial charge in [0, 0.05) is 12.8 Å². The number of hydrogen-bond donors (Lipinski definition) is 5. The van der Waals surface area contributed by atoms with Gasteiger partial charge in [0.15, 0.2) is 6.10 Å². The number of carbonyl (C=O) groups is 2. The van der Waals surface area contributed by atoms with Gasteiger partial charge in [-0.3, -0.25) is 18.6 Å². The van der Waals surface area contributed by atoms with E-state index < -0.39 is 70.6 Å². The number of phosphoric ester groups is 1. The zero-order valence-electron chi connectivity index (χ0n) is 32.6. The summed E-state index contributed by atoms with van der Waals surface area (Å²) in [6.45, 7) is 4.16. The molecule has 308 valence electrons. The number of esters is 2. The second-order valence-corrected chi connectivity index (χ2v) is 15.2. The lowest BCUT2D eigenvalue weighted by atomic mass is 10.0. The summed E-state index contributed by atoms with van der Waals surface area (Å²) in [7, 11) is -4.68. The highest BCUT2D eigenvalue weighted by Gasteiger charge is 2.27. The molecule has 0 bridgehead atoms. The first-order chi connectivity index (χ1) is 25.4. The molecule has 0 aromatic rings. The molecule has 0 rings (SSSR count). The van der Waals surface area contributed by atoms with Crippen molar-refractivity contribution < 1.29 is 58.0 Å². The van der Waals surface area contributed by atoms with Gasteiger partial charge in [-0.05, 0) is 57.3 Å². The molecule has 0 saturated heterocycles. The van der Waals surface area contributed by atoms with Crippen LogP contribution >= 0.6 is 7.82 Å². The molecule has 13 heteroatoms. The zero-order chi connectivity index (χ0) is 39.6. The maximum atomic E-state index is 12.5. The van der Waals surface area contributed by atoms with Gasteiger partial charge in [-0.15, -0.1) is 0 Å². The second-order valence-electron chi connectivity index (χ2n) is 13.7. The van der Waals surface area contributed by atoms with E-state index in [0.29, 0.717) is 12.8 Å². The second kappa shape index (κ2) is 34.3. The van der Waals surface area contributed by atoms with E-state index >= 15 is 0 Å². The molecular formula is C40H71O12P. The van der Waals surface area contributed by atoms with Gasteiger partial charge >= 0.3 is 19.8 Å². The molecule has 0 aliphatic heterocycles. The van der Waals surface area contributed by atoms with Gasteiger partial charge in [0.1, 0.15) is 12.7 Å². The Balaban J connectivity index is 4.60. The summed E-state index contributed by atoms with van der Waals surface area (Å²) in [5.41, 5.74) is 0. The number of hydrogen-bond acceptors (Lipinski definition) is 11.